The Balaban J connectivity index is 3.08. The van der Waals surface area contributed by atoms with Crippen LogP contribution in [-0.4, -0.2) is 21.2 Å². The van der Waals surface area contributed by atoms with E-state index in [-0.39, 0.29) is 11.4 Å². The smallest absolute Gasteiger partial charge is 0.271 e. The fourth-order valence-electron chi connectivity index (χ4n) is 1.41. The molecule has 0 fully saturated rings. The van der Waals surface area contributed by atoms with Crippen molar-refractivity contribution in [1.29, 1.82) is 0 Å². The maximum atomic E-state index is 12.0. The number of hydrogen-bond acceptors (Lipinski definition) is 2. The molecule has 0 radical (unpaired) electrons. The van der Waals surface area contributed by atoms with E-state index < -0.39 is 0 Å². The van der Waals surface area contributed by atoms with Gasteiger partial charge in [0.15, 0.2) is 0 Å². The highest BCUT2D eigenvalue weighted by molar-refractivity contribution is 6.34. The third kappa shape index (κ3) is 2.76. The van der Waals surface area contributed by atoms with Crippen LogP contribution in [0.2, 0.25) is 5.02 Å². The largest absolute Gasteiger partial charge is 0.346 e. The summed E-state index contributed by atoms with van der Waals surface area (Å²) in [4.78, 5) is 12.0. The normalized spacial score (nSPS) is 11.6. The molecule has 16 heavy (non-hydrogen) atoms. The van der Waals surface area contributed by atoms with Crippen LogP contribution in [0.4, 0.5) is 0 Å². The number of aryl methyl sites for hydroxylation is 2. The van der Waals surface area contributed by atoms with Crippen LogP contribution in [-0.2, 0) is 6.54 Å². The van der Waals surface area contributed by atoms with Crippen LogP contribution in [0.3, 0.4) is 0 Å². The lowest BCUT2D eigenvalue weighted by molar-refractivity contribution is 0.0909. The summed E-state index contributed by atoms with van der Waals surface area (Å²) >= 11 is 6.07. The monoisotopic (exact) mass is 243 g/mol. The van der Waals surface area contributed by atoms with Gasteiger partial charge in [-0.1, -0.05) is 11.6 Å². The molecule has 0 spiro atoms. The first-order valence-electron chi connectivity index (χ1n) is 5.31. The van der Waals surface area contributed by atoms with E-state index in [4.69, 9.17) is 11.6 Å². The van der Waals surface area contributed by atoms with Crippen molar-refractivity contribution in [3.8, 4) is 0 Å². The third-order valence-electron chi connectivity index (χ3n) is 2.06. The lowest BCUT2D eigenvalue weighted by Crippen LogP contribution is -2.41. The Bertz CT molecular complexity index is 404. The molecule has 0 atom stereocenters. The van der Waals surface area contributed by atoms with Gasteiger partial charge in [-0.2, -0.15) is 5.10 Å². The van der Waals surface area contributed by atoms with Gasteiger partial charge < -0.3 is 5.32 Å². The summed E-state index contributed by atoms with van der Waals surface area (Å²) in [6.07, 6.45) is 0. The highest BCUT2D eigenvalue weighted by atomic mass is 35.5. The summed E-state index contributed by atoms with van der Waals surface area (Å²) < 4.78 is 1.62. The van der Waals surface area contributed by atoms with E-state index in [0.717, 1.165) is 0 Å². The summed E-state index contributed by atoms with van der Waals surface area (Å²) in [5.41, 5.74) is 0.844. The van der Waals surface area contributed by atoms with Crippen LogP contribution in [0.1, 0.15) is 43.9 Å². The number of nitrogens with zero attached hydrogens (tertiary/aromatic N) is 2. The zero-order valence-electron chi connectivity index (χ0n) is 10.4. The van der Waals surface area contributed by atoms with Crippen molar-refractivity contribution in [2.45, 2.75) is 46.7 Å². The predicted molar refractivity (Wildman–Crippen MR) is 64.9 cm³/mol. The number of halogens is 1. The van der Waals surface area contributed by atoms with Crippen molar-refractivity contribution >= 4 is 17.5 Å². The molecule has 0 aliphatic carbocycles. The highest BCUT2D eigenvalue weighted by Gasteiger charge is 2.23. The molecule has 0 unspecified atom stereocenters. The van der Waals surface area contributed by atoms with Crippen molar-refractivity contribution in [2.24, 2.45) is 0 Å². The maximum Gasteiger partial charge on any atom is 0.271 e. The molecule has 1 rings (SSSR count). The molecule has 1 amide bonds. The molecule has 90 valence electrons. The number of rotatable bonds is 2. The second-order valence-electron chi connectivity index (χ2n) is 4.77. The molecule has 0 aliphatic heterocycles. The van der Waals surface area contributed by atoms with Gasteiger partial charge in [0.05, 0.1) is 10.7 Å². The molecule has 0 saturated carbocycles. The number of carbonyl (C=O) groups is 1. The van der Waals surface area contributed by atoms with Gasteiger partial charge in [0.1, 0.15) is 5.69 Å². The fraction of sp³-hybridized carbons (Fsp3) is 0.636. The highest BCUT2D eigenvalue weighted by Crippen LogP contribution is 2.20. The van der Waals surface area contributed by atoms with Crippen LogP contribution in [0.15, 0.2) is 0 Å². The second-order valence-corrected chi connectivity index (χ2v) is 5.15. The number of nitrogens with one attached hydrogen (secondary N) is 1. The summed E-state index contributed by atoms with van der Waals surface area (Å²) in [6.45, 7) is 10.1. The van der Waals surface area contributed by atoms with Crippen LogP contribution in [0, 0.1) is 6.92 Å². The first-order valence-corrected chi connectivity index (χ1v) is 5.69. The maximum absolute atomic E-state index is 12.0. The summed E-state index contributed by atoms with van der Waals surface area (Å²) in [5.74, 6) is -0.181. The van der Waals surface area contributed by atoms with Gasteiger partial charge in [-0.3, -0.25) is 9.48 Å². The Morgan fingerprint density at radius 3 is 2.50 bits per heavy atom. The van der Waals surface area contributed by atoms with Gasteiger partial charge in [0, 0.05) is 12.1 Å². The molecule has 5 heteroatoms. The lowest BCUT2D eigenvalue weighted by atomic mass is 10.1. The number of carbonyl (C=O) groups excluding carboxylic acids is 1. The van der Waals surface area contributed by atoms with Gasteiger partial charge in [0.2, 0.25) is 0 Å². The van der Waals surface area contributed by atoms with E-state index in [1.54, 1.807) is 11.6 Å². The Hall–Kier alpha value is -1.03. The molecular formula is C11H18ClN3O. The van der Waals surface area contributed by atoms with Crippen molar-refractivity contribution < 1.29 is 4.79 Å². The average molecular weight is 244 g/mol. The molecular weight excluding hydrogens is 226 g/mol. The molecule has 1 heterocycles. The Morgan fingerprint density at radius 1 is 1.50 bits per heavy atom. The topological polar surface area (TPSA) is 46.9 Å². The van der Waals surface area contributed by atoms with Gasteiger partial charge in [0.25, 0.3) is 5.91 Å². The van der Waals surface area contributed by atoms with Crippen LogP contribution < -0.4 is 5.32 Å². The fourth-order valence-corrected chi connectivity index (χ4v) is 1.63. The van der Waals surface area contributed by atoms with Crippen molar-refractivity contribution in [1.82, 2.24) is 15.1 Å². The first-order chi connectivity index (χ1) is 7.26. The second kappa shape index (κ2) is 4.45. The molecule has 0 bridgehead atoms. The van der Waals surface area contributed by atoms with E-state index in [9.17, 15) is 4.79 Å². The third-order valence-corrected chi connectivity index (χ3v) is 2.51. The van der Waals surface area contributed by atoms with E-state index in [1.165, 1.54) is 0 Å². The Morgan fingerprint density at radius 2 is 2.06 bits per heavy atom. The van der Waals surface area contributed by atoms with Crippen LogP contribution >= 0.6 is 11.6 Å². The molecule has 4 nitrogen and oxygen atoms in total. The molecule has 1 aromatic heterocycles. The molecule has 1 aromatic rings. The minimum atomic E-state index is -0.281. The molecule has 0 aliphatic rings. The van der Waals surface area contributed by atoms with Crippen molar-refractivity contribution in [3.63, 3.8) is 0 Å². The quantitative estimate of drug-likeness (QED) is 0.867. The van der Waals surface area contributed by atoms with Gasteiger partial charge in [-0.25, -0.2) is 0 Å². The summed E-state index contributed by atoms with van der Waals surface area (Å²) in [5, 5.41) is 7.52. The Labute approximate surface area is 101 Å². The van der Waals surface area contributed by atoms with Gasteiger partial charge in [-0.15, -0.1) is 0 Å². The van der Waals surface area contributed by atoms with Gasteiger partial charge in [-0.05, 0) is 34.6 Å². The minimum Gasteiger partial charge on any atom is -0.346 e. The average Bonchev–Trinajstić information content (AvgIpc) is 2.40. The van der Waals surface area contributed by atoms with E-state index in [1.807, 2.05) is 27.7 Å². The zero-order valence-corrected chi connectivity index (χ0v) is 11.1. The molecule has 1 N–H and O–H groups in total. The number of aromatic nitrogens is 2. The van der Waals surface area contributed by atoms with E-state index in [2.05, 4.69) is 10.4 Å². The Kier molecular flexibility index (Phi) is 3.63. The molecule has 0 saturated heterocycles. The predicted octanol–water partition coefficient (Wildman–Crippen LogP) is 2.39. The molecule has 0 aromatic carbocycles. The van der Waals surface area contributed by atoms with Crippen molar-refractivity contribution in [2.75, 3.05) is 0 Å². The standard InChI is InChI=1S/C11H18ClN3O/c1-6-15-9(8(12)7(2)14-15)10(16)13-11(3,4)5/h6H2,1-5H3,(H,13,16). The van der Waals surface area contributed by atoms with Crippen LogP contribution in [0.5, 0.6) is 0 Å². The lowest BCUT2D eigenvalue weighted by Gasteiger charge is -2.20. The first kappa shape index (κ1) is 13.0. The summed E-state index contributed by atoms with van der Waals surface area (Å²) in [7, 11) is 0. The minimum absolute atomic E-state index is 0.181. The SMILES string of the molecule is CCn1nc(C)c(Cl)c1C(=O)NC(C)(C)C. The van der Waals surface area contributed by atoms with E-state index >= 15 is 0 Å². The van der Waals surface area contributed by atoms with Gasteiger partial charge >= 0.3 is 0 Å². The van der Waals surface area contributed by atoms with E-state index in [0.29, 0.717) is 23.0 Å². The zero-order chi connectivity index (χ0) is 12.5. The van der Waals surface area contributed by atoms with Crippen LogP contribution in [0.25, 0.3) is 0 Å². The van der Waals surface area contributed by atoms with Crippen molar-refractivity contribution in [3.05, 3.63) is 16.4 Å². The summed E-state index contributed by atoms with van der Waals surface area (Å²) in [6, 6.07) is 0. The number of amides is 1. The number of hydrogen-bond donors (Lipinski definition) is 1.